The third-order valence-corrected chi connectivity index (χ3v) is 7.46. The fourth-order valence-electron chi connectivity index (χ4n) is 2.79. The number of hydrogen-bond donors (Lipinski definition) is 1. The van der Waals surface area contributed by atoms with Crippen molar-refractivity contribution in [2.24, 2.45) is 5.92 Å². The average molecular weight is 375 g/mol. The van der Waals surface area contributed by atoms with Crippen LogP contribution in [-0.2, 0) is 9.84 Å². The number of halogens is 1. The standard InChI is InChI=1S/C15H19BrO4S/c1-9-3-5-12(6-4-9)21(19,20)14-8-11(15(17)18)7-13(16)10(14)2/h7-9,12H,3-6H2,1-2H3,(H,17,18). The van der Waals surface area contributed by atoms with Crippen molar-refractivity contribution in [2.75, 3.05) is 0 Å². The number of benzene rings is 1. The summed E-state index contributed by atoms with van der Waals surface area (Å²) >= 11 is 3.26. The molecular formula is C15H19BrO4S. The molecule has 2 rings (SSSR count). The van der Waals surface area contributed by atoms with E-state index in [0.29, 0.717) is 28.8 Å². The number of carboxylic acid groups (broad SMARTS) is 1. The van der Waals surface area contributed by atoms with Crippen LogP contribution in [0.2, 0.25) is 0 Å². The summed E-state index contributed by atoms with van der Waals surface area (Å²) in [5.74, 6) is -0.556. The van der Waals surface area contributed by atoms with Crippen LogP contribution in [0.1, 0.15) is 48.5 Å². The zero-order chi connectivity index (χ0) is 15.8. The molecule has 21 heavy (non-hydrogen) atoms. The Balaban J connectivity index is 2.47. The second-order valence-corrected chi connectivity index (χ2v) is 8.86. The van der Waals surface area contributed by atoms with E-state index in [0.717, 1.165) is 12.8 Å². The molecule has 1 saturated carbocycles. The van der Waals surface area contributed by atoms with Gasteiger partial charge in [0.2, 0.25) is 0 Å². The van der Waals surface area contributed by atoms with E-state index in [9.17, 15) is 13.2 Å². The van der Waals surface area contributed by atoms with Gasteiger partial charge in [-0.05, 0) is 56.2 Å². The van der Waals surface area contributed by atoms with Gasteiger partial charge < -0.3 is 5.11 Å². The van der Waals surface area contributed by atoms with Crippen molar-refractivity contribution < 1.29 is 18.3 Å². The first-order chi connectivity index (χ1) is 9.73. The Morgan fingerprint density at radius 2 is 1.81 bits per heavy atom. The highest BCUT2D eigenvalue weighted by atomic mass is 79.9. The van der Waals surface area contributed by atoms with Crippen molar-refractivity contribution in [3.05, 3.63) is 27.7 Å². The molecule has 0 spiro atoms. The van der Waals surface area contributed by atoms with Gasteiger partial charge in [-0.25, -0.2) is 13.2 Å². The molecule has 0 saturated heterocycles. The molecule has 6 heteroatoms. The minimum atomic E-state index is -3.49. The summed E-state index contributed by atoms with van der Waals surface area (Å²) in [4.78, 5) is 11.3. The lowest BCUT2D eigenvalue weighted by Crippen LogP contribution is -2.27. The number of aromatic carboxylic acids is 1. The molecule has 0 heterocycles. The van der Waals surface area contributed by atoms with Crippen molar-refractivity contribution in [1.29, 1.82) is 0 Å². The molecule has 1 aromatic rings. The Morgan fingerprint density at radius 1 is 1.24 bits per heavy atom. The van der Waals surface area contributed by atoms with Gasteiger partial charge in [-0.2, -0.15) is 0 Å². The molecule has 116 valence electrons. The lowest BCUT2D eigenvalue weighted by molar-refractivity contribution is 0.0696. The van der Waals surface area contributed by atoms with Crippen LogP contribution < -0.4 is 0 Å². The maximum atomic E-state index is 12.8. The van der Waals surface area contributed by atoms with Crippen molar-refractivity contribution in [2.45, 2.75) is 49.7 Å². The molecule has 1 aromatic carbocycles. The second-order valence-electron chi connectivity index (χ2n) is 5.81. The molecular weight excluding hydrogens is 356 g/mol. The molecule has 0 aromatic heterocycles. The number of carbonyl (C=O) groups is 1. The van der Waals surface area contributed by atoms with Crippen molar-refractivity contribution >= 4 is 31.7 Å². The highest BCUT2D eigenvalue weighted by molar-refractivity contribution is 9.10. The molecule has 0 bridgehead atoms. The molecule has 0 amide bonds. The van der Waals surface area contributed by atoms with Gasteiger partial charge in [-0.3, -0.25) is 0 Å². The normalized spacial score (nSPS) is 23.0. The van der Waals surface area contributed by atoms with Crippen LogP contribution in [0, 0.1) is 12.8 Å². The van der Waals surface area contributed by atoms with E-state index in [4.69, 9.17) is 5.11 Å². The van der Waals surface area contributed by atoms with Crippen LogP contribution in [0.15, 0.2) is 21.5 Å². The van der Waals surface area contributed by atoms with E-state index in [1.807, 2.05) is 0 Å². The Hall–Kier alpha value is -0.880. The van der Waals surface area contributed by atoms with Gasteiger partial charge in [0.25, 0.3) is 0 Å². The first-order valence-corrected chi connectivity index (χ1v) is 9.34. The minimum Gasteiger partial charge on any atom is -0.478 e. The topological polar surface area (TPSA) is 71.4 Å². The van der Waals surface area contributed by atoms with Crippen LogP contribution >= 0.6 is 15.9 Å². The Kier molecular flexibility index (Phi) is 4.78. The van der Waals surface area contributed by atoms with Gasteiger partial charge in [0.05, 0.1) is 15.7 Å². The molecule has 0 radical (unpaired) electrons. The third-order valence-electron chi connectivity index (χ3n) is 4.25. The lowest BCUT2D eigenvalue weighted by Gasteiger charge is -2.26. The van der Waals surface area contributed by atoms with Gasteiger partial charge in [-0.15, -0.1) is 0 Å². The summed E-state index contributed by atoms with van der Waals surface area (Å²) < 4.78 is 26.2. The smallest absolute Gasteiger partial charge is 0.335 e. The Morgan fingerprint density at radius 3 is 2.33 bits per heavy atom. The molecule has 1 aliphatic carbocycles. The third kappa shape index (κ3) is 3.31. The quantitative estimate of drug-likeness (QED) is 0.872. The van der Waals surface area contributed by atoms with Crippen LogP contribution in [0.3, 0.4) is 0 Å². The zero-order valence-electron chi connectivity index (χ0n) is 12.1. The van der Waals surface area contributed by atoms with E-state index in [-0.39, 0.29) is 10.5 Å². The number of hydrogen-bond acceptors (Lipinski definition) is 3. The zero-order valence-corrected chi connectivity index (χ0v) is 14.5. The van der Waals surface area contributed by atoms with Crippen molar-refractivity contribution in [1.82, 2.24) is 0 Å². The van der Waals surface area contributed by atoms with Crippen LogP contribution in [0.4, 0.5) is 0 Å². The predicted molar refractivity (Wildman–Crippen MR) is 84.4 cm³/mol. The maximum Gasteiger partial charge on any atom is 0.335 e. The van der Waals surface area contributed by atoms with Crippen LogP contribution in [0.25, 0.3) is 0 Å². The lowest BCUT2D eigenvalue weighted by atomic mass is 9.91. The van der Waals surface area contributed by atoms with E-state index in [1.54, 1.807) is 6.92 Å². The largest absolute Gasteiger partial charge is 0.478 e. The van der Waals surface area contributed by atoms with E-state index < -0.39 is 21.1 Å². The molecule has 0 atom stereocenters. The molecule has 4 nitrogen and oxygen atoms in total. The Bertz CT molecular complexity index is 658. The van der Waals surface area contributed by atoms with Crippen LogP contribution in [0.5, 0.6) is 0 Å². The van der Waals surface area contributed by atoms with Crippen molar-refractivity contribution in [3.8, 4) is 0 Å². The summed E-state index contributed by atoms with van der Waals surface area (Å²) in [6.45, 7) is 3.84. The SMILES string of the molecule is Cc1c(Br)cc(C(=O)O)cc1S(=O)(=O)C1CCC(C)CC1. The number of carboxylic acids is 1. The van der Waals surface area contributed by atoms with Gasteiger partial charge >= 0.3 is 5.97 Å². The summed E-state index contributed by atoms with van der Waals surface area (Å²) in [5, 5.41) is 8.72. The van der Waals surface area contributed by atoms with E-state index in [2.05, 4.69) is 22.9 Å². The fraction of sp³-hybridized carbons (Fsp3) is 0.533. The van der Waals surface area contributed by atoms with Gasteiger partial charge in [0.15, 0.2) is 9.84 Å². The van der Waals surface area contributed by atoms with E-state index in [1.165, 1.54) is 12.1 Å². The predicted octanol–water partition coefficient (Wildman–Crippen LogP) is 3.81. The summed E-state index contributed by atoms with van der Waals surface area (Å²) in [6.07, 6.45) is 3.11. The molecule has 0 unspecified atom stereocenters. The summed E-state index contributed by atoms with van der Waals surface area (Å²) in [7, 11) is -3.49. The molecule has 1 aliphatic rings. The first-order valence-electron chi connectivity index (χ1n) is 7.00. The molecule has 1 fully saturated rings. The summed E-state index contributed by atoms with van der Waals surface area (Å²) in [5.41, 5.74) is 0.578. The highest BCUT2D eigenvalue weighted by Gasteiger charge is 2.32. The number of sulfone groups is 1. The van der Waals surface area contributed by atoms with E-state index >= 15 is 0 Å². The second kappa shape index (κ2) is 6.08. The minimum absolute atomic E-state index is 0.00442. The summed E-state index contributed by atoms with van der Waals surface area (Å²) in [6, 6.07) is 2.73. The van der Waals surface area contributed by atoms with Crippen LogP contribution in [-0.4, -0.2) is 24.7 Å². The maximum absolute atomic E-state index is 12.8. The van der Waals surface area contributed by atoms with Gasteiger partial charge in [0.1, 0.15) is 0 Å². The van der Waals surface area contributed by atoms with Gasteiger partial charge in [-0.1, -0.05) is 22.9 Å². The Labute approximate surface area is 133 Å². The average Bonchev–Trinajstić information content (AvgIpc) is 2.41. The number of rotatable bonds is 3. The van der Waals surface area contributed by atoms with Gasteiger partial charge in [0, 0.05) is 4.47 Å². The monoisotopic (exact) mass is 374 g/mol. The van der Waals surface area contributed by atoms with Crippen molar-refractivity contribution in [3.63, 3.8) is 0 Å². The fourth-order valence-corrected chi connectivity index (χ4v) is 5.46. The first kappa shape index (κ1) is 16.5. The highest BCUT2D eigenvalue weighted by Crippen LogP contribution is 2.35. The molecule has 1 N–H and O–H groups in total. The molecule has 0 aliphatic heterocycles.